The van der Waals surface area contributed by atoms with Gasteiger partial charge in [-0.05, 0) is 19.4 Å². The van der Waals surface area contributed by atoms with Crippen LogP contribution < -0.4 is 11.1 Å². The number of anilines is 1. The lowest BCUT2D eigenvalue weighted by atomic mass is 10.3. The fourth-order valence-corrected chi connectivity index (χ4v) is 1.01. The Balaban J connectivity index is 2.20. The summed E-state index contributed by atoms with van der Waals surface area (Å²) in [6.45, 7) is 1.71. The monoisotopic (exact) mass is 168 g/mol. The van der Waals surface area contributed by atoms with Crippen molar-refractivity contribution in [1.29, 1.82) is 0 Å². The molecule has 0 unspecified atom stereocenters. The molecule has 12 heavy (non-hydrogen) atoms. The molecule has 0 aromatic carbocycles. The molecule has 4 heteroatoms. The van der Waals surface area contributed by atoms with Gasteiger partial charge in [-0.15, -0.1) is 0 Å². The van der Waals surface area contributed by atoms with E-state index in [1.165, 1.54) is 0 Å². The van der Waals surface area contributed by atoms with E-state index in [4.69, 9.17) is 5.73 Å². The van der Waals surface area contributed by atoms with Crippen LogP contribution in [-0.2, 0) is 7.05 Å². The molecule has 1 heterocycles. The van der Waals surface area contributed by atoms with Crippen molar-refractivity contribution in [3.63, 3.8) is 0 Å². The van der Waals surface area contributed by atoms with E-state index in [0.717, 1.165) is 31.9 Å². The number of nitrogens with two attached hydrogens (primary N) is 1. The number of nitrogens with one attached hydrogen (secondary N) is 1. The number of hydrogen-bond acceptors (Lipinski definition) is 3. The number of aryl methyl sites for hydroxylation is 1. The first-order valence-corrected chi connectivity index (χ1v) is 4.26. The van der Waals surface area contributed by atoms with Gasteiger partial charge in [0.25, 0.3) is 0 Å². The highest BCUT2D eigenvalue weighted by molar-refractivity contribution is 5.24. The summed E-state index contributed by atoms with van der Waals surface area (Å²) in [6, 6.07) is 0. The van der Waals surface area contributed by atoms with Gasteiger partial charge in [0.05, 0.1) is 0 Å². The number of hydrogen-bond donors (Lipinski definition) is 2. The Bertz CT molecular complexity index is 219. The van der Waals surface area contributed by atoms with E-state index in [0.29, 0.717) is 0 Å². The van der Waals surface area contributed by atoms with Crippen molar-refractivity contribution in [1.82, 2.24) is 9.55 Å². The van der Waals surface area contributed by atoms with Gasteiger partial charge < -0.3 is 15.6 Å². The summed E-state index contributed by atoms with van der Waals surface area (Å²) < 4.78 is 1.96. The Morgan fingerprint density at radius 1 is 1.58 bits per heavy atom. The van der Waals surface area contributed by atoms with Crippen molar-refractivity contribution >= 4 is 5.95 Å². The van der Waals surface area contributed by atoms with Crippen LogP contribution in [-0.4, -0.2) is 22.6 Å². The van der Waals surface area contributed by atoms with Crippen molar-refractivity contribution < 1.29 is 0 Å². The molecule has 1 rings (SSSR count). The third-order valence-corrected chi connectivity index (χ3v) is 1.74. The smallest absolute Gasteiger partial charge is 0.202 e. The van der Waals surface area contributed by atoms with Crippen LogP contribution in [0, 0.1) is 0 Å². The molecule has 0 radical (unpaired) electrons. The Morgan fingerprint density at radius 2 is 2.42 bits per heavy atom. The Kier molecular flexibility index (Phi) is 3.60. The molecule has 0 saturated carbocycles. The van der Waals surface area contributed by atoms with Gasteiger partial charge in [0.2, 0.25) is 5.95 Å². The van der Waals surface area contributed by atoms with Crippen molar-refractivity contribution in [2.75, 3.05) is 18.4 Å². The van der Waals surface area contributed by atoms with E-state index in [-0.39, 0.29) is 0 Å². The number of rotatable bonds is 5. The van der Waals surface area contributed by atoms with Crippen molar-refractivity contribution in [2.24, 2.45) is 12.8 Å². The van der Waals surface area contributed by atoms with E-state index < -0.39 is 0 Å². The van der Waals surface area contributed by atoms with Gasteiger partial charge in [0.15, 0.2) is 0 Å². The van der Waals surface area contributed by atoms with Crippen LogP contribution in [0.1, 0.15) is 12.8 Å². The van der Waals surface area contributed by atoms with Crippen LogP contribution in [0.15, 0.2) is 12.4 Å². The van der Waals surface area contributed by atoms with Crippen LogP contribution in [0.4, 0.5) is 5.95 Å². The summed E-state index contributed by atoms with van der Waals surface area (Å²) in [7, 11) is 1.97. The van der Waals surface area contributed by atoms with Crippen molar-refractivity contribution in [3.05, 3.63) is 12.4 Å². The second kappa shape index (κ2) is 4.77. The van der Waals surface area contributed by atoms with Crippen LogP contribution in [0.25, 0.3) is 0 Å². The summed E-state index contributed by atoms with van der Waals surface area (Å²) in [4.78, 5) is 4.13. The van der Waals surface area contributed by atoms with E-state index >= 15 is 0 Å². The maximum absolute atomic E-state index is 5.37. The van der Waals surface area contributed by atoms with Crippen LogP contribution >= 0.6 is 0 Å². The lowest BCUT2D eigenvalue weighted by Crippen LogP contribution is -2.08. The first-order valence-electron chi connectivity index (χ1n) is 4.26. The summed E-state index contributed by atoms with van der Waals surface area (Å²) in [5.74, 6) is 0.923. The molecule has 0 bridgehead atoms. The zero-order valence-corrected chi connectivity index (χ0v) is 7.45. The topological polar surface area (TPSA) is 55.9 Å². The minimum atomic E-state index is 0.766. The summed E-state index contributed by atoms with van der Waals surface area (Å²) in [5, 5.41) is 3.22. The molecule has 0 atom stereocenters. The largest absolute Gasteiger partial charge is 0.356 e. The molecule has 3 N–H and O–H groups in total. The van der Waals surface area contributed by atoms with Gasteiger partial charge in [-0.1, -0.05) is 0 Å². The average Bonchev–Trinajstić information content (AvgIpc) is 2.46. The molecular weight excluding hydrogens is 152 g/mol. The van der Waals surface area contributed by atoms with Crippen molar-refractivity contribution in [3.8, 4) is 0 Å². The average molecular weight is 168 g/mol. The molecule has 68 valence electrons. The lowest BCUT2D eigenvalue weighted by Gasteiger charge is -2.04. The summed E-state index contributed by atoms with van der Waals surface area (Å²) >= 11 is 0. The van der Waals surface area contributed by atoms with Gasteiger partial charge in [0, 0.05) is 26.0 Å². The molecule has 0 aliphatic carbocycles. The normalized spacial score (nSPS) is 10.2. The molecule has 0 amide bonds. The SMILES string of the molecule is Cn1ccnc1NCCCCN. The number of nitrogens with zero attached hydrogens (tertiary/aromatic N) is 2. The minimum Gasteiger partial charge on any atom is -0.356 e. The second-order valence-corrected chi connectivity index (χ2v) is 2.78. The van der Waals surface area contributed by atoms with Crippen LogP contribution in [0.2, 0.25) is 0 Å². The highest BCUT2D eigenvalue weighted by Crippen LogP contribution is 2.00. The Morgan fingerprint density at radius 3 is 3.00 bits per heavy atom. The van der Waals surface area contributed by atoms with Gasteiger partial charge >= 0.3 is 0 Å². The lowest BCUT2D eigenvalue weighted by molar-refractivity contribution is 0.764. The quantitative estimate of drug-likeness (QED) is 0.632. The fourth-order valence-electron chi connectivity index (χ4n) is 1.01. The zero-order chi connectivity index (χ0) is 8.81. The summed E-state index contributed by atoms with van der Waals surface area (Å²) in [6.07, 6.45) is 5.87. The highest BCUT2D eigenvalue weighted by atomic mass is 15.2. The van der Waals surface area contributed by atoms with Gasteiger partial charge in [-0.2, -0.15) is 0 Å². The van der Waals surface area contributed by atoms with E-state index in [1.807, 2.05) is 17.8 Å². The molecule has 1 aromatic heterocycles. The highest BCUT2D eigenvalue weighted by Gasteiger charge is 1.95. The predicted octanol–water partition coefficient (Wildman–Crippen LogP) is 0.571. The van der Waals surface area contributed by atoms with Crippen LogP contribution in [0.3, 0.4) is 0 Å². The predicted molar refractivity (Wildman–Crippen MR) is 50.0 cm³/mol. The summed E-state index contributed by atoms with van der Waals surface area (Å²) in [5.41, 5.74) is 5.37. The fraction of sp³-hybridized carbons (Fsp3) is 0.625. The zero-order valence-electron chi connectivity index (χ0n) is 7.45. The van der Waals surface area contributed by atoms with Gasteiger partial charge in [0.1, 0.15) is 0 Å². The molecule has 0 fully saturated rings. The number of aromatic nitrogens is 2. The first-order chi connectivity index (χ1) is 5.84. The van der Waals surface area contributed by atoms with E-state index in [2.05, 4.69) is 10.3 Å². The number of imidazole rings is 1. The molecule has 0 aliphatic rings. The first kappa shape index (κ1) is 9.06. The minimum absolute atomic E-state index is 0.766. The van der Waals surface area contributed by atoms with E-state index in [9.17, 15) is 0 Å². The molecule has 0 aliphatic heterocycles. The molecule has 4 nitrogen and oxygen atoms in total. The maximum atomic E-state index is 5.37. The Labute approximate surface area is 72.8 Å². The second-order valence-electron chi connectivity index (χ2n) is 2.78. The Hall–Kier alpha value is -1.03. The third kappa shape index (κ3) is 2.54. The molecule has 0 spiro atoms. The number of unbranched alkanes of at least 4 members (excludes halogenated alkanes) is 1. The molecule has 1 aromatic rings. The third-order valence-electron chi connectivity index (χ3n) is 1.74. The van der Waals surface area contributed by atoms with Gasteiger partial charge in [-0.25, -0.2) is 4.98 Å². The standard InChI is InChI=1S/C8H16N4/c1-12-7-6-11-8(12)10-5-3-2-4-9/h6-7H,2-5,9H2,1H3,(H,10,11). The van der Waals surface area contributed by atoms with Crippen molar-refractivity contribution in [2.45, 2.75) is 12.8 Å². The van der Waals surface area contributed by atoms with E-state index in [1.54, 1.807) is 6.20 Å². The van der Waals surface area contributed by atoms with Gasteiger partial charge in [-0.3, -0.25) is 0 Å². The van der Waals surface area contributed by atoms with Crippen LogP contribution in [0.5, 0.6) is 0 Å². The maximum Gasteiger partial charge on any atom is 0.202 e. The molecular formula is C8H16N4. The molecule has 0 saturated heterocycles.